The van der Waals surface area contributed by atoms with Crippen LogP contribution in [0.1, 0.15) is 15.9 Å². The van der Waals surface area contributed by atoms with Crippen molar-refractivity contribution >= 4 is 23.1 Å². The summed E-state index contributed by atoms with van der Waals surface area (Å²) in [5, 5.41) is 7.10. The van der Waals surface area contributed by atoms with Crippen molar-refractivity contribution in [3.8, 4) is 17.0 Å². The molecule has 1 aliphatic heterocycles. The zero-order valence-corrected chi connectivity index (χ0v) is 17.1. The second-order valence-corrected chi connectivity index (χ2v) is 7.49. The highest BCUT2D eigenvalue weighted by Gasteiger charge is 2.21. The molecular formula is C22H23N3O3S. The zero-order valence-electron chi connectivity index (χ0n) is 16.3. The molecule has 150 valence electrons. The van der Waals surface area contributed by atoms with Crippen LogP contribution in [0.4, 0.5) is 5.82 Å². The fourth-order valence-electron chi connectivity index (χ4n) is 3.23. The SMILES string of the molecule is COc1ccc(CNC(=O)c2ccc(-c3ccsc3)nc2N2CCOCC2)cc1. The number of nitrogens with zero attached hydrogens (tertiary/aromatic N) is 2. The number of methoxy groups -OCH3 is 1. The zero-order chi connectivity index (χ0) is 20.1. The number of carbonyl (C=O) groups is 1. The third-order valence-corrected chi connectivity index (χ3v) is 5.54. The van der Waals surface area contributed by atoms with Crippen molar-refractivity contribution in [2.24, 2.45) is 0 Å². The van der Waals surface area contributed by atoms with E-state index in [4.69, 9.17) is 14.5 Å². The molecule has 0 spiro atoms. The average Bonchev–Trinajstić information content (AvgIpc) is 3.33. The lowest BCUT2D eigenvalue weighted by Crippen LogP contribution is -2.38. The van der Waals surface area contributed by atoms with E-state index in [1.54, 1.807) is 18.4 Å². The van der Waals surface area contributed by atoms with E-state index >= 15 is 0 Å². The van der Waals surface area contributed by atoms with E-state index in [2.05, 4.69) is 15.6 Å². The predicted octanol–water partition coefficient (Wildman–Crippen LogP) is 3.59. The van der Waals surface area contributed by atoms with Crippen molar-refractivity contribution in [3.05, 3.63) is 64.4 Å². The molecule has 1 saturated heterocycles. The lowest BCUT2D eigenvalue weighted by molar-refractivity contribution is 0.0949. The van der Waals surface area contributed by atoms with Crippen LogP contribution in [0.3, 0.4) is 0 Å². The quantitative estimate of drug-likeness (QED) is 0.674. The van der Waals surface area contributed by atoms with Crippen LogP contribution in [0.15, 0.2) is 53.2 Å². The third kappa shape index (κ3) is 4.58. The molecule has 1 aromatic carbocycles. The van der Waals surface area contributed by atoms with Crippen LogP contribution in [-0.4, -0.2) is 44.3 Å². The summed E-state index contributed by atoms with van der Waals surface area (Å²) in [4.78, 5) is 19.9. The molecule has 6 nitrogen and oxygen atoms in total. The predicted molar refractivity (Wildman–Crippen MR) is 115 cm³/mol. The number of rotatable bonds is 6. The van der Waals surface area contributed by atoms with Gasteiger partial charge in [0, 0.05) is 30.6 Å². The molecule has 0 unspecified atom stereocenters. The van der Waals surface area contributed by atoms with Gasteiger partial charge in [-0.25, -0.2) is 4.98 Å². The van der Waals surface area contributed by atoms with Crippen molar-refractivity contribution in [1.29, 1.82) is 0 Å². The average molecular weight is 410 g/mol. The minimum atomic E-state index is -0.133. The fourth-order valence-corrected chi connectivity index (χ4v) is 3.88. The van der Waals surface area contributed by atoms with Crippen LogP contribution in [0.5, 0.6) is 5.75 Å². The Morgan fingerprint density at radius 2 is 1.97 bits per heavy atom. The van der Waals surface area contributed by atoms with Crippen LogP contribution >= 0.6 is 11.3 Å². The second kappa shape index (κ2) is 9.07. The number of hydrogen-bond donors (Lipinski definition) is 1. The molecule has 0 bridgehead atoms. The molecule has 0 saturated carbocycles. The topological polar surface area (TPSA) is 63.7 Å². The highest BCUT2D eigenvalue weighted by molar-refractivity contribution is 7.08. The van der Waals surface area contributed by atoms with Crippen LogP contribution < -0.4 is 15.0 Å². The maximum Gasteiger partial charge on any atom is 0.255 e. The van der Waals surface area contributed by atoms with Crippen LogP contribution in [-0.2, 0) is 11.3 Å². The Morgan fingerprint density at radius 3 is 2.66 bits per heavy atom. The number of ether oxygens (including phenoxy) is 2. The van der Waals surface area contributed by atoms with Crippen molar-refractivity contribution in [2.75, 3.05) is 38.3 Å². The number of pyridine rings is 1. The molecule has 29 heavy (non-hydrogen) atoms. The van der Waals surface area contributed by atoms with Gasteiger partial charge in [-0.3, -0.25) is 4.79 Å². The normalized spacial score (nSPS) is 13.9. The molecule has 2 aromatic heterocycles. The van der Waals surface area contributed by atoms with E-state index in [-0.39, 0.29) is 5.91 Å². The Hall–Kier alpha value is -2.90. The van der Waals surface area contributed by atoms with Gasteiger partial charge in [0.15, 0.2) is 0 Å². The van der Waals surface area contributed by atoms with Crippen LogP contribution in [0.2, 0.25) is 0 Å². The summed E-state index contributed by atoms with van der Waals surface area (Å²) >= 11 is 1.63. The summed E-state index contributed by atoms with van der Waals surface area (Å²) in [5.74, 6) is 1.37. The van der Waals surface area contributed by atoms with Crippen LogP contribution in [0, 0.1) is 0 Å². The van der Waals surface area contributed by atoms with E-state index in [1.807, 2.05) is 47.8 Å². The Bertz CT molecular complexity index is 952. The molecule has 3 heterocycles. The summed E-state index contributed by atoms with van der Waals surface area (Å²) in [5.41, 5.74) is 3.53. The van der Waals surface area contributed by atoms with Gasteiger partial charge < -0.3 is 19.7 Å². The monoisotopic (exact) mass is 409 g/mol. The summed E-state index contributed by atoms with van der Waals surface area (Å²) < 4.78 is 10.6. The van der Waals surface area contributed by atoms with Gasteiger partial charge in [0.1, 0.15) is 11.6 Å². The van der Waals surface area contributed by atoms with Gasteiger partial charge in [-0.05, 0) is 41.3 Å². The highest BCUT2D eigenvalue weighted by Crippen LogP contribution is 2.26. The molecule has 1 amide bonds. The minimum absolute atomic E-state index is 0.133. The maximum absolute atomic E-state index is 13.0. The van der Waals surface area contributed by atoms with E-state index < -0.39 is 0 Å². The molecule has 1 N–H and O–H groups in total. The lowest BCUT2D eigenvalue weighted by atomic mass is 10.1. The number of aromatic nitrogens is 1. The van der Waals surface area contributed by atoms with Crippen molar-refractivity contribution < 1.29 is 14.3 Å². The van der Waals surface area contributed by atoms with E-state index in [9.17, 15) is 4.79 Å². The Labute approximate surface area is 174 Å². The number of amides is 1. The van der Waals surface area contributed by atoms with Crippen molar-refractivity contribution in [1.82, 2.24) is 10.3 Å². The number of thiophene rings is 1. The first-order valence-electron chi connectivity index (χ1n) is 9.52. The molecular weight excluding hydrogens is 386 g/mol. The molecule has 0 aliphatic carbocycles. The second-order valence-electron chi connectivity index (χ2n) is 6.71. The Kier molecular flexibility index (Phi) is 6.07. The molecule has 4 rings (SSSR count). The number of anilines is 1. The van der Waals surface area contributed by atoms with Gasteiger partial charge in [-0.2, -0.15) is 11.3 Å². The third-order valence-electron chi connectivity index (χ3n) is 4.86. The summed E-state index contributed by atoms with van der Waals surface area (Å²) in [6, 6.07) is 13.5. The van der Waals surface area contributed by atoms with Gasteiger partial charge in [-0.15, -0.1) is 0 Å². The van der Waals surface area contributed by atoms with Crippen molar-refractivity contribution in [3.63, 3.8) is 0 Å². The smallest absolute Gasteiger partial charge is 0.255 e. The van der Waals surface area contributed by atoms with Gasteiger partial charge >= 0.3 is 0 Å². The number of morpholine rings is 1. The van der Waals surface area contributed by atoms with Gasteiger partial charge in [0.25, 0.3) is 5.91 Å². The number of carbonyl (C=O) groups excluding carboxylic acids is 1. The number of nitrogens with one attached hydrogen (secondary N) is 1. The van der Waals surface area contributed by atoms with Gasteiger partial charge in [0.05, 0.1) is 31.6 Å². The standard InChI is InChI=1S/C22H23N3O3S/c1-27-18-4-2-16(3-5-18)14-23-22(26)19-6-7-20(17-8-13-29-15-17)24-21(19)25-9-11-28-12-10-25/h2-8,13,15H,9-12,14H2,1H3,(H,23,26). The molecule has 0 radical (unpaired) electrons. The maximum atomic E-state index is 13.0. The first-order chi connectivity index (χ1) is 14.2. The molecule has 1 aliphatic rings. The van der Waals surface area contributed by atoms with Crippen molar-refractivity contribution in [2.45, 2.75) is 6.54 Å². The molecule has 3 aromatic rings. The fraction of sp³-hybridized carbons (Fsp3) is 0.273. The largest absolute Gasteiger partial charge is 0.497 e. The Balaban J connectivity index is 1.56. The number of benzene rings is 1. The van der Waals surface area contributed by atoms with E-state index in [0.29, 0.717) is 31.1 Å². The highest BCUT2D eigenvalue weighted by atomic mass is 32.1. The summed E-state index contributed by atoms with van der Waals surface area (Å²) in [6.45, 7) is 3.16. The summed E-state index contributed by atoms with van der Waals surface area (Å²) in [7, 11) is 1.64. The lowest BCUT2D eigenvalue weighted by Gasteiger charge is -2.29. The molecule has 1 fully saturated rings. The molecule has 7 heteroatoms. The number of hydrogen-bond acceptors (Lipinski definition) is 6. The van der Waals surface area contributed by atoms with Gasteiger partial charge in [-0.1, -0.05) is 12.1 Å². The van der Waals surface area contributed by atoms with Crippen LogP contribution in [0.25, 0.3) is 11.3 Å². The van der Waals surface area contributed by atoms with Gasteiger partial charge in [0.2, 0.25) is 0 Å². The first kappa shape index (κ1) is 19.4. The first-order valence-corrected chi connectivity index (χ1v) is 10.5. The molecule has 0 atom stereocenters. The summed E-state index contributed by atoms with van der Waals surface area (Å²) in [6.07, 6.45) is 0. The van der Waals surface area contributed by atoms with E-state index in [0.717, 1.165) is 35.7 Å². The van der Waals surface area contributed by atoms with E-state index in [1.165, 1.54) is 0 Å². The minimum Gasteiger partial charge on any atom is -0.497 e. The Morgan fingerprint density at radius 1 is 1.17 bits per heavy atom.